The molecule has 3 aromatic rings. The van der Waals surface area contributed by atoms with Gasteiger partial charge in [-0.25, -0.2) is 4.39 Å². The molecule has 0 fully saturated rings. The van der Waals surface area contributed by atoms with Crippen molar-refractivity contribution in [1.29, 1.82) is 0 Å². The van der Waals surface area contributed by atoms with Gasteiger partial charge in [0, 0.05) is 48.6 Å². The first-order valence-electron chi connectivity index (χ1n) is 8.95. The van der Waals surface area contributed by atoms with Gasteiger partial charge in [-0.2, -0.15) is 13.2 Å². The van der Waals surface area contributed by atoms with Crippen LogP contribution in [-0.4, -0.2) is 34.4 Å². The number of aromatic nitrogens is 2. The monoisotopic (exact) mass is 419 g/mol. The van der Waals surface area contributed by atoms with Gasteiger partial charge in [-0.05, 0) is 30.3 Å². The predicted molar refractivity (Wildman–Crippen MR) is 102 cm³/mol. The molecule has 1 aliphatic heterocycles. The minimum atomic E-state index is -4.64. The van der Waals surface area contributed by atoms with Gasteiger partial charge < -0.3 is 10.3 Å². The molecule has 0 unspecified atom stereocenters. The van der Waals surface area contributed by atoms with Crippen molar-refractivity contribution in [2.75, 3.05) is 6.54 Å². The van der Waals surface area contributed by atoms with Crippen LogP contribution >= 0.6 is 0 Å². The third-order valence-corrected chi connectivity index (χ3v) is 4.40. The number of fused-ring (bicyclic) bond motifs is 1. The summed E-state index contributed by atoms with van der Waals surface area (Å²) >= 11 is 0. The smallest absolute Gasteiger partial charge is 0.358 e. The first-order chi connectivity index (χ1) is 14.1. The van der Waals surface area contributed by atoms with Crippen LogP contribution in [0.1, 0.15) is 23.0 Å². The summed E-state index contributed by atoms with van der Waals surface area (Å²) in [6.07, 6.45) is -2.15. The largest absolute Gasteiger partial charge is 0.449 e. The van der Waals surface area contributed by atoms with E-state index in [1.165, 1.54) is 12.1 Å². The van der Waals surface area contributed by atoms with Crippen LogP contribution in [-0.2, 0) is 11.2 Å². The van der Waals surface area contributed by atoms with Crippen molar-refractivity contribution in [3.8, 4) is 22.5 Å². The Morgan fingerprint density at radius 1 is 1.10 bits per heavy atom. The molecular formula is C21H17F4N3O2. The standard InChI is InChI=1S/C18H14FN3O.C3H3F3O/c19-13-3-1-2-11(8-13)16-9-12(4-6-20-16)17-10-14-15(22-17)5-7-21-18(14)23;1-2(7)3(4,5)6/h1-4,6,8-10,22H,5,7H2,(H,21,23);1H3. The summed E-state index contributed by atoms with van der Waals surface area (Å²) < 4.78 is 45.9. The van der Waals surface area contributed by atoms with E-state index in [9.17, 15) is 27.2 Å². The second kappa shape index (κ2) is 8.48. The predicted octanol–water partition coefficient (Wildman–Crippen LogP) is 4.31. The molecule has 9 heteroatoms. The van der Waals surface area contributed by atoms with Gasteiger partial charge in [0.1, 0.15) is 5.82 Å². The van der Waals surface area contributed by atoms with Gasteiger partial charge in [-0.3, -0.25) is 14.6 Å². The molecule has 0 bridgehead atoms. The quantitative estimate of drug-likeness (QED) is 0.608. The minimum absolute atomic E-state index is 0.0480. The molecule has 0 atom stereocenters. The topological polar surface area (TPSA) is 74.8 Å². The molecule has 2 N–H and O–H groups in total. The molecule has 0 spiro atoms. The molecule has 156 valence electrons. The number of nitrogens with one attached hydrogen (secondary N) is 2. The van der Waals surface area contributed by atoms with Crippen LogP contribution in [0.3, 0.4) is 0 Å². The number of benzene rings is 1. The molecule has 0 saturated carbocycles. The molecule has 1 amide bonds. The molecule has 1 aromatic carbocycles. The van der Waals surface area contributed by atoms with Gasteiger partial charge >= 0.3 is 6.18 Å². The molecule has 0 radical (unpaired) electrons. The maximum atomic E-state index is 13.4. The van der Waals surface area contributed by atoms with E-state index in [-0.39, 0.29) is 11.7 Å². The Kier molecular flexibility index (Phi) is 6.00. The number of halogens is 4. The van der Waals surface area contributed by atoms with E-state index in [2.05, 4.69) is 15.3 Å². The fourth-order valence-corrected chi connectivity index (χ4v) is 2.85. The summed E-state index contributed by atoms with van der Waals surface area (Å²) in [5.41, 5.74) is 4.84. The van der Waals surface area contributed by atoms with Gasteiger partial charge in [0.25, 0.3) is 5.91 Å². The zero-order valence-corrected chi connectivity index (χ0v) is 15.8. The van der Waals surface area contributed by atoms with E-state index in [4.69, 9.17) is 0 Å². The number of rotatable bonds is 2. The van der Waals surface area contributed by atoms with E-state index in [1.807, 2.05) is 24.3 Å². The number of hydrogen-bond donors (Lipinski definition) is 2. The van der Waals surface area contributed by atoms with Crippen LogP contribution in [0.25, 0.3) is 22.5 Å². The van der Waals surface area contributed by atoms with Gasteiger partial charge in [-0.1, -0.05) is 12.1 Å². The summed E-state index contributed by atoms with van der Waals surface area (Å²) in [7, 11) is 0. The molecule has 5 nitrogen and oxygen atoms in total. The Hall–Kier alpha value is -3.49. The van der Waals surface area contributed by atoms with E-state index in [0.717, 1.165) is 28.9 Å². The second-order valence-corrected chi connectivity index (χ2v) is 6.58. The van der Waals surface area contributed by atoms with Crippen molar-refractivity contribution in [2.45, 2.75) is 19.5 Å². The number of H-pyrrole nitrogens is 1. The fraction of sp³-hybridized carbons (Fsp3) is 0.190. The maximum absolute atomic E-state index is 13.4. The number of carbonyl (C=O) groups is 2. The molecular weight excluding hydrogens is 402 g/mol. The number of Topliss-reactive ketones (excluding diaryl/α,β-unsaturated/α-hetero) is 1. The molecule has 1 aliphatic rings. The molecule has 2 aromatic heterocycles. The number of carbonyl (C=O) groups excluding carboxylic acids is 2. The highest BCUT2D eigenvalue weighted by atomic mass is 19.4. The molecule has 4 rings (SSSR count). The number of aromatic amines is 1. The average Bonchev–Trinajstić information content (AvgIpc) is 3.14. The van der Waals surface area contributed by atoms with Crippen LogP contribution < -0.4 is 5.32 Å². The van der Waals surface area contributed by atoms with E-state index < -0.39 is 12.0 Å². The van der Waals surface area contributed by atoms with E-state index in [1.54, 1.807) is 12.3 Å². The van der Waals surface area contributed by atoms with Crippen molar-refractivity contribution in [3.05, 3.63) is 65.7 Å². The number of hydrogen-bond acceptors (Lipinski definition) is 3. The van der Waals surface area contributed by atoms with Crippen molar-refractivity contribution in [1.82, 2.24) is 15.3 Å². The Labute approximate surface area is 169 Å². The number of pyridine rings is 1. The summed E-state index contributed by atoms with van der Waals surface area (Å²) in [5.74, 6) is -2.10. The first kappa shape index (κ1) is 21.2. The normalized spacial score (nSPS) is 13.0. The Morgan fingerprint density at radius 3 is 2.47 bits per heavy atom. The maximum Gasteiger partial charge on any atom is 0.449 e. The molecule has 3 heterocycles. The fourth-order valence-electron chi connectivity index (χ4n) is 2.85. The van der Waals surface area contributed by atoms with Crippen LogP contribution in [0, 0.1) is 5.82 Å². The van der Waals surface area contributed by atoms with Gasteiger partial charge in [0.05, 0.1) is 11.3 Å². The Balaban J connectivity index is 0.000000318. The van der Waals surface area contributed by atoms with Crippen LogP contribution in [0.5, 0.6) is 0 Å². The highest BCUT2D eigenvalue weighted by Gasteiger charge is 2.33. The van der Waals surface area contributed by atoms with E-state index in [0.29, 0.717) is 24.7 Å². The summed E-state index contributed by atoms with van der Waals surface area (Å²) in [4.78, 5) is 28.8. The lowest BCUT2D eigenvalue weighted by molar-refractivity contribution is -0.168. The third-order valence-electron chi connectivity index (χ3n) is 4.40. The molecule has 30 heavy (non-hydrogen) atoms. The van der Waals surface area contributed by atoms with Crippen molar-refractivity contribution in [2.24, 2.45) is 0 Å². The highest BCUT2D eigenvalue weighted by Crippen LogP contribution is 2.27. The van der Waals surface area contributed by atoms with Crippen molar-refractivity contribution < 1.29 is 27.2 Å². The number of alkyl halides is 3. The SMILES string of the molecule is CC(=O)C(F)(F)F.O=C1NCCc2[nH]c(-c3ccnc(-c4cccc(F)c4)c3)cc21. The second-order valence-electron chi connectivity index (χ2n) is 6.58. The molecule has 0 aliphatic carbocycles. The van der Waals surface area contributed by atoms with Gasteiger partial charge in [-0.15, -0.1) is 0 Å². The van der Waals surface area contributed by atoms with Gasteiger partial charge in [0.2, 0.25) is 5.78 Å². The zero-order valence-electron chi connectivity index (χ0n) is 15.8. The zero-order chi connectivity index (χ0) is 21.9. The summed E-state index contributed by atoms with van der Waals surface area (Å²) in [5, 5.41) is 2.83. The number of nitrogens with zero attached hydrogens (tertiary/aromatic N) is 1. The number of ketones is 1. The lowest BCUT2D eigenvalue weighted by Gasteiger charge is -2.10. The first-order valence-corrected chi connectivity index (χ1v) is 8.95. The van der Waals surface area contributed by atoms with E-state index >= 15 is 0 Å². The lowest BCUT2D eigenvalue weighted by Crippen LogP contribution is -2.31. The minimum Gasteiger partial charge on any atom is -0.358 e. The van der Waals surface area contributed by atoms with Crippen LogP contribution in [0.15, 0.2) is 48.7 Å². The van der Waals surface area contributed by atoms with Crippen LogP contribution in [0.4, 0.5) is 17.6 Å². The Morgan fingerprint density at radius 2 is 1.83 bits per heavy atom. The third kappa shape index (κ3) is 4.91. The summed E-state index contributed by atoms with van der Waals surface area (Å²) in [6.45, 7) is 1.14. The number of amides is 1. The van der Waals surface area contributed by atoms with Crippen molar-refractivity contribution >= 4 is 11.7 Å². The summed E-state index contributed by atoms with van der Waals surface area (Å²) in [6, 6.07) is 12.0. The molecule has 0 saturated heterocycles. The van der Waals surface area contributed by atoms with Crippen LogP contribution in [0.2, 0.25) is 0 Å². The van der Waals surface area contributed by atoms with Crippen molar-refractivity contribution in [3.63, 3.8) is 0 Å². The average molecular weight is 419 g/mol. The highest BCUT2D eigenvalue weighted by molar-refractivity contribution is 5.97. The van der Waals surface area contributed by atoms with Gasteiger partial charge in [0.15, 0.2) is 0 Å². The Bertz CT molecular complexity index is 1090. The lowest BCUT2D eigenvalue weighted by atomic mass is 10.1.